The van der Waals surface area contributed by atoms with Crippen molar-refractivity contribution in [1.29, 1.82) is 0 Å². The van der Waals surface area contributed by atoms with Gasteiger partial charge in [-0.15, -0.1) is 0 Å². The zero-order valence-corrected chi connectivity index (χ0v) is 36.6. The fraction of sp³-hybridized carbons (Fsp3) is 0.553. The van der Waals surface area contributed by atoms with Gasteiger partial charge in [-0.2, -0.15) is 10.2 Å². The number of rotatable bonds is 10. The van der Waals surface area contributed by atoms with E-state index >= 15 is 0 Å². The molecule has 2 saturated heterocycles. The van der Waals surface area contributed by atoms with Crippen molar-refractivity contribution in [2.75, 3.05) is 18.5 Å². The summed E-state index contributed by atoms with van der Waals surface area (Å²) >= 11 is 0. The van der Waals surface area contributed by atoms with E-state index < -0.39 is 30.0 Å². The van der Waals surface area contributed by atoms with Crippen LogP contribution in [0.3, 0.4) is 0 Å². The molecule has 4 unspecified atom stereocenters. The quantitative estimate of drug-likeness (QED) is 0.115. The number of hydrogen-bond acceptors (Lipinski definition) is 10. The SMILES string of the molecule is CC([C@H]1CC[C@H](n2cc(NC(=O)c3cnn4ccc(C5CC6C[C@@H]5CO6)nc34)c(C(F)F)n2)CC1)C1(N)CCC(OCC#Cc2cccc3c2n(C)c(=O)n3C2CCC(=O)NC2=O)CC1. The fourth-order valence-electron chi connectivity index (χ4n) is 11.5. The Hall–Kier alpha value is -5.77. The Balaban J connectivity index is 0.725. The molecule has 0 spiro atoms. The van der Waals surface area contributed by atoms with Crippen LogP contribution in [0.2, 0.25) is 0 Å². The molecule has 3 amide bonds. The molecule has 1 aromatic carbocycles. The normalized spacial score (nSPS) is 28.4. The number of amides is 3. The molecule has 16 nitrogen and oxygen atoms in total. The van der Waals surface area contributed by atoms with Crippen LogP contribution in [0.1, 0.15) is 136 Å². The van der Waals surface area contributed by atoms with Gasteiger partial charge in [0.05, 0.1) is 53.3 Å². The molecule has 3 saturated carbocycles. The molecular weight excluding hydrogens is 839 g/mol. The lowest BCUT2D eigenvalue weighted by Gasteiger charge is -2.46. The van der Waals surface area contributed by atoms with E-state index in [9.17, 15) is 28.0 Å². The van der Waals surface area contributed by atoms with Gasteiger partial charge in [0.15, 0.2) is 11.3 Å². The molecule has 5 aliphatic rings. The summed E-state index contributed by atoms with van der Waals surface area (Å²) in [5, 5.41) is 13.7. The third kappa shape index (κ3) is 8.05. The predicted molar refractivity (Wildman–Crippen MR) is 234 cm³/mol. The predicted octanol–water partition coefficient (Wildman–Crippen LogP) is 5.72. The van der Waals surface area contributed by atoms with E-state index in [1.54, 1.807) is 30.1 Å². The van der Waals surface area contributed by atoms with Crippen molar-refractivity contribution in [3.05, 3.63) is 75.9 Å². The highest BCUT2D eigenvalue weighted by Crippen LogP contribution is 2.46. The number of nitrogens with zero attached hydrogens (tertiary/aromatic N) is 7. The molecule has 4 aromatic heterocycles. The Labute approximate surface area is 373 Å². The first kappa shape index (κ1) is 43.1. The lowest BCUT2D eigenvalue weighted by atomic mass is 9.65. The van der Waals surface area contributed by atoms with Crippen molar-refractivity contribution in [2.45, 2.75) is 126 Å². The van der Waals surface area contributed by atoms with E-state index in [1.165, 1.54) is 26.0 Å². The van der Waals surface area contributed by atoms with Crippen LogP contribution >= 0.6 is 0 Å². The van der Waals surface area contributed by atoms with Crippen molar-refractivity contribution in [2.24, 2.45) is 30.5 Å². The van der Waals surface area contributed by atoms with Crippen molar-refractivity contribution in [3.63, 3.8) is 0 Å². The van der Waals surface area contributed by atoms with E-state index in [0.29, 0.717) is 40.7 Å². The van der Waals surface area contributed by atoms with E-state index in [4.69, 9.17) is 20.2 Å². The second-order valence-electron chi connectivity index (χ2n) is 18.9. The van der Waals surface area contributed by atoms with Crippen molar-refractivity contribution < 1.29 is 32.6 Å². The van der Waals surface area contributed by atoms with Crippen molar-refractivity contribution in [3.8, 4) is 11.8 Å². The van der Waals surface area contributed by atoms with Crippen LogP contribution in [0.5, 0.6) is 0 Å². The Morgan fingerprint density at radius 3 is 2.62 bits per heavy atom. The number of carbonyl (C=O) groups is 3. The fourth-order valence-corrected chi connectivity index (χ4v) is 11.5. The van der Waals surface area contributed by atoms with Crippen LogP contribution in [-0.4, -0.2) is 82.2 Å². The summed E-state index contributed by atoms with van der Waals surface area (Å²) in [5.74, 6) is 6.16. The van der Waals surface area contributed by atoms with Gasteiger partial charge < -0.3 is 20.5 Å². The summed E-state index contributed by atoms with van der Waals surface area (Å²) in [6.45, 7) is 3.16. The Morgan fingerprint density at radius 1 is 1.09 bits per heavy atom. The van der Waals surface area contributed by atoms with Gasteiger partial charge in [-0.3, -0.25) is 33.5 Å². The van der Waals surface area contributed by atoms with Crippen molar-refractivity contribution >= 4 is 40.1 Å². The lowest BCUT2D eigenvalue weighted by molar-refractivity contribution is -0.135. The molecule has 5 aromatic rings. The number of aromatic nitrogens is 7. The molecule has 4 N–H and O–H groups in total. The van der Waals surface area contributed by atoms with Crippen LogP contribution in [-0.2, 0) is 26.1 Å². The van der Waals surface area contributed by atoms with Gasteiger partial charge in [0.2, 0.25) is 11.8 Å². The number of imidazole rings is 1. The molecule has 3 aliphatic carbocycles. The summed E-state index contributed by atoms with van der Waals surface area (Å²) in [5.41, 5.74) is 9.29. The van der Waals surface area contributed by atoms with E-state index in [0.717, 1.165) is 69.9 Å². The molecule has 342 valence electrons. The van der Waals surface area contributed by atoms with Gasteiger partial charge in [0.25, 0.3) is 12.3 Å². The second-order valence-corrected chi connectivity index (χ2v) is 18.9. The smallest absolute Gasteiger partial charge is 0.329 e. The minimum Gasteiger partial charge on any atom is -0.378 e. The average molecular weight is 893 g/mol. The summed E-state index contributed by atoms with van der Waals surface area (Å²) in [4.78, 5) is 56.1. The van der Waals surface area contributed by atoms with Gasteiger partial charge in [-0.05, 0) is 107 Å². The lowest BCUT2D eigenvalue weighted by Crippen LogP contribution is -2.52. The molecule has 18 heteroatoms. The number of fused-ring (bicyclic) bond motifs is 4. The van der Waals surface area contributed by atoms with Crippen LogP contribution in [0.4, 0.5) is 14.5 Å². The number of nitrogens with one attached hydrogen (secondary N) is 2. The minimum absolute atomic E-state index is 0.0142. The first-order valence-corrected chi connectivity index (χ1v) is 22.9. The van der Waals surface area contributed by atoms with Gasteiger partial charge in [-0.25, -0.2) is 23.1 Å². The van der Waals surface area contributed by atoms with Crippen LogP contribution in [0.25, 0.3) is 16.7 Å². The van der Waals surface area contributed by atoms with Gasteiger partial charge in [-0.1, -0.05) is 24.8 Å². The number of carbonyl (C=O) groups excluding carboxylic acids is 3. The summed E-state index contributed by atoms with van der Waals surface area (Å²) in [6.07, 6.45) is 11.0. The monoisotopic (exact) mass is 892 g/mol. The minimum atomic E-state index is -2.88. The molecule has 2 aliphatic heterocycles. The summed E-state index contributed by atoms with van der Waals surface area (Å²) < 4.78 is 46.8. The summed E-state index contributed by atoms with van der Waals surface area (Å²) in [6, 6.07) is 6.49. The number of halogens is 2. The third-order valence-electron chi connectivity index (χ3n) is 15.3. The Bertz CT molecular complexity index is 2780. The van der Waals surface area contributed by atoms with Crippen LogP contribution in [0.15, 0.2) is 47.7 Å². The number of hydrogen-bond donors (Lipinski definition) is 3. The number of anilines is 1. The average Bonchev–Trinajstić information content (AvgIpc) is 4.16. The molecule has 2 bridgehead atoms. The Morgan fingerprint density at radius 2 is 1.89 bits per heavy atom. The van der Waals surface area contributed by atoms with Gasteiger partial charge >= 0.3 is 5.69 Å². The molecule has 5 atom stereocenters. The second kappa shape index (κ2) is 17.2. The molecule has 6 heterocycles. The zero-order chi connectivity index (χ0) is 45.1. The highest BCUT2D eigenvalue weighted by Gasteiger charge is 2.43. The van der Waals surface area contributed by atoms with Gasteiger partial charge in [0.1, 0.15) is 18.2 Å². The van der Waals surface area contributed by atoms with Crippen LogP contribution in [0, 0.1) is 29.6 Å². The first-order chi connectivity index (χ1) is 31.3. The molecular formula is C47H54F2N10O6. The first-order valence-electron chi connectivity index (χ1n) is 22.9. The van der Waals surface area contributed by atoms with Gasteiger partial charge in [0, 0.05) is 43.0 Å². The van der Waals surface area contributed by atoms with Crippen LogP contribution < -0.4 is 22.1 Å². The number of nitrogens with two attached hydrogens (primary N) is 1. The number of ether oxygens (including phenoxy) is 2. The number of alkyl halides is 2. The maximum atomic E-state index is 14.4. The zero-order valence-electron chi connectivity index (χ0n) is 36.6. The molecule has 10 rings (SSSR count). The standard InChI is InChI=1S/C47H54F2N10O6/c1-26(47(50)17-14-31(15-18-47)64-20-4-6-28-5-3-7-37-41(28)56(2)46(63)59(37)38-12-13-39(60)54-45(38)62)27-8-10-30(11-9-27)58-24-36(40(55-58)42(48)49)53-44(61)34-23-51-57-19-16-35(52-43(34)57)33-22-32-21-29(33)25-65-32/h3,5,7,16,19,23-24,26-27,29-33,38,42H,8-15,17-18,20-22,25,50H2,1-2H3,(H,53,61)(H,54,60,62)/t26?,27-,29-,30-,31?,32?,33?,38?,47?/m1/s1. The molecule has 0 radical (unpaired) electrons. The molecule has 5 fully saturated rings. The third-order valence-corrected chi connectivity index (χ3v) is 15.3. The number of piperidine rings is 1. The number of benzene rings is 1. The van der Waals surface area contributed by atoms with E-state index in [1.807, 2.05) is 12.1 Å². The highest BCUT2D eigenvalue weighted by atomic mass is 19.3. The number of aryl methyl sites for hydroxylation is 1. The van der Waals surface area contributed by atoms with E-state index in [2.05, 4.69) is 39.6 Å². The molecule has 65 heavy (non-hydrogen) atoms. The number of para-hydroxylation sites is 1. The largest absolute Gasteiger partial charge is 0.378 e. The maximum absolute atomic E-state index is 14.4. The Kier molecular flexibility index (Phi) is 11.4. The highest BCUT2D eigenvalue weighted by molar-refractivity contribution is 6.08. The summed E-state index contributed by atoms with van der Waals surface area (Å²) in [7, 11) is 1.65. The van der Waals surface area contributed by atoms with Crippen molar-refractivity contribution in [1.82, 2.24) is 38.8 Å². The topological polar surface area (TPSA) is 195 Å². The number of imide groups is 1. The van der Waals surface area contributed by atoms with E-state index in [-0.39, 0.29) is 77.9 Å². The maximum Gasteiger partial charge on any atom is 0.329 e.